The Hall–Kier alpha value is -2.47. The fourth-order valence-electron chi connectivity index (χ4n) is 2.94. The van der Waals surface area contributed by atoms with Crippen molar-refractivity contribution in [2.75, 3.05) is 0 Å². The summed E-state index contributed by atoms with van der Waals surface area (Å²) >= 11 is 0. The van der Waals surface area contributed by atoms with Gasteiger partial charge in [0, 0.05) is 36.5 Å². The highest BCUT2D eigenvalue weighted by Gasteiger charge is 2.28. The fourth-order valence-corrected chi connectivity index (χ4v) is 4.28. The van der Waals surface area contributed by atoms with Gasteiger partial charge < -0.3 is 0 Å². The zero-order valence-corrected chi connectivity index (χ0v) is 17.2. The summed E-state index contributed by atoms with van der Waals surface area (Å²) in [7, 11) is -3.77. The molecule has 0 N–H and O–H groups in total. The zero-order chi connectivity index (χ0) is 19.8. The van der Waals surface area contributed by atoms with Crippen LogP contribution in [0.25, 0.3) is 11.3 Å². The number of hydrogen-bond acceptors (Lipinski definition) is 4. The maximum atomic E-state index is 13.3. The summed E-state index contributed by atoms with van der Waals surface area (Å²) in [6, 6.07) is 7.04. The summed E-state index contributed by atoms with van der Waals surface area (Å²) in [6.45, 7) is 10.5. The van der Waals surface area contributed by atoms with E-state index in [0.717, 1.165) is 16.7 Å². The summed E-state index contributed by atoms with van der Waals surface area (Å²) in [5.41, 5.74) is 3.38. The van der Waals surface area contributed by atoms with E-state index in [1.807, 2.05) is 19.1 Å². The van der Waals surface area contributed by atoms with Crippen molar-refractivity contribution in [1.29, 1.82) is 0 Å². The van der Waals surface area contributed by atoms with Crippen molar-refractivity contribution in [1.82, 2.24) is 13.9 Å². The van der Waals surface area contributed by atoms with Crippen molar-refractivity contribution in [2.24, 2.45) is 5.41 Å². The van der Waals surface area contributed by atoms with Gasteiger partial charge in [0.05, 0.1) is 5.69 Å². The molecule has 142 valence electrons. The Bertz CT molecular complexity index is 1050. The molecule has 3 aromatic rings. The summed E-state index contributed by atoms with van der Waals surface area (Å²) < 4.78 is 28.0. The number of pyridine rings is 2. The van der Waals surface area contributed by atoms with Crippen LogP contribution in [0.15, 0.2) is 60.1 Å². The normalized spacial score (nSPS) is 13.5. The van der Waals surface area contributed by atoms with Gasteiger partial charge in [-0.25, -0.2) is 12.4 Å². The first kappa shape index (κ1) is 19.3. The van der Waals surface area contributed by atoms with Crippen LogP contribution in [0.5, 0.6) is 0 Å². The van der Waals surface area contributed by atoms with E-state index in [0.29, 0.717) is 5.69 Å². The van der Waals surface area contributed by atoms with E-state index in [9.17, 15) is 8.42 Å². The second-order valence-corrected chi connectivity index (χ2v) is 9.74. The first-order valence-electron chi connectivity index (χ1n) is 8.91. The number of nitrogens with zero attached hydrogens (tertiary/aromatic N) is 3. The van der Waals surface area contributed by atoms with E-state index >= 15 is 0 Å². The van der Waals surface area contributed by atoms with E-state index in [2.05, 4.69) is 37.7 Å². The van der Waals surface area contributed by atoms with Crippen molar-refractivity contribution in [2.45, 2.75) is 45.4 Å². The molecule has 0 radical (unpaired) electrons. The SMILES string of the molecule is Cc1ccncc1-c1cc(C(C)C(C)(C)C)cn1S(=O)(=O)c1cccnc1. The van der Waals surface area contributed by atoms with E-state index in [1.165, 1.54) is 10.2 Å². The number of hydrogen-bond donors (Lipinski definition) is 0. The highest BCUT2D eigenvalue weighted by atomic mass is 32.2. The van der Waals surface area contributed by atoms with Crippen LogP contribution < -0.4 is 0 Å². The van der Waals surface area contributed by atoms with Gasteiger partial charge in [-0.15, -0.1) is 0 Å². The molecule has 0 bridgehead atoms. The second kappa shape index (κ2) is 6.93. The van der Waals surface area contributed by atoms with Crippen LogP contribution in [-0.4, -0.2) is 22.4 Å². The molecular formula is C21H25N3O2S. The molecule has 0 fully saturated rings. The molecule has 0 aliphatic carbocycles. The van der Waals surface area contributed by atoms with Crippen LogP contribution >= 0.6 is 0 Å². The van der Waals surface area contributed by atoms with Crippen molar-refractivity contribution in [3.05, 3.63) is 66.4 Å². The molecule has 0 aromatic carbocycles. The Morgan fingerprint density at radius 1 is 1.07 bits per heavy atom. The highest BCUT2D eigenvalue weighted by molar-refractivity contribution is 7.90. The zero-order valence-electron chi connectivity index (χ0n) is 16.3. The molecule has 1 atom stereocenters. The minimum atomic E-state index is -3.77. The monoisotopic (exact) mass is 383 g/mol. The minimum absolute atomic E-state index is 0.00546. The summed E-state index contributed by atoms with van der Waals surface area (Å²) in [6.07, 6.45) is 8.10. The molecule has 0 saturated carbocycles. The van der Waals surface area contributed by atoms with Crippen LogP contribution in [0.1, 0.15) is 44.7 Å². The van der Waals surface area contributed by atoms with Crippen LogP contribution in [-0.2, 0) is 10.0 Å². The van der Waals surface area contributed by atoms with Crippen LogP contribution in [0.4, 0.5) is 0 Å². The molecule has 0 saturated heterocycles. The molecule has 3 heterocycles. The molecule has 0 aliphatic rings. The predicted molar refractivity (Wildman–Crippen MR) is 107 cm³/mol. The van der Waals surface area contributed by atoms with Gasteiger partial charge in [0.25, 0.3) is 10.0 Å². The predicted octanol–water partition coefficient (Wildman–Crippen LogP) is 4.64. The Morgan fingerprint density at radius 2 is 1.78 bits per heavy atom. The van der Waals surface area contributed by atoms with Crippen LogP contribution in [0, 0.1) is 12.3 Å². The maximum absolute atomic E-state index is 13.3. The summed E-state index contributed by atoms with van der Waals surface area (Å²) in [4.78, 5) is 8.34. The lowest BCUT2D eigenvalue weighted by molar-refractivity contribution is 0.339. The van der Waals surface area contributed by atoms with Crippen molar-refractivity contribution in [3.63, 3.8) is 0 Å². The number of rotatable bonds is 4. The average Bonchev–Trinajstić information content (AvgIpc) is 3.07. The van der Waals surface area contributed by atoms with Crippen LogP contribution in [0.3, 0.4) is 0 Å². The molecule has 5 nitrogen and oxygen atoms in total. The second-order valence-electron chi connectivity index (χ2n) is 7.93. The average molecular weight is 384 g/mol. The van der Waals surface area contributed by atoms with Gasteiger partial charge in [0.15, 0.2) is 0 Å². The topological polar surface area (TPSA) is 64.8 Å². The van der Waals surface area contributed by atoms with Gasteiger partial charge in [0.2, 0.25) is 0 Å². The van der Waals surface area contributed by atoms with E-state index < -0.39 is 10.0 Å². The molecule has 3 aromatic heterocycles. The lowest BCUT2D eigenvalue weighted by Crippen LogP contribution is -2.16. The molecule has 1 unspecified atom stereocenters. The molecule has 3 rings (SSSR count). The van der Waals surface area contributed by atoms with Gasteiger partial charge >= 0.3 is 0 Å². The quantitative estimate of drug-likeness (QED) is 0.658. The Kier molecular flexibility index (Phi) is 4.95. The number of aryl methyl sites for hydroxylation is 1. The third kappa shape index (κ3) is 3.67. The highest BCUT2D eigenvalue weighted by Crippen LogP contribution is 2.38. The lowest BCUT2D eigenvalue weighted by atomic mass is 9.78. The maximum Gasteiger partial charge on any atom is 0.269 e. The smallest absolute Gasteiger partial charge is 0.264 e. The standard InChI is InChI=1S/C21H25N3O2S/c1-15-8-10-23-13-19(15)20-11-17(16(2)21(3,4)5)14-24(20)27(25,26)18-7-6-9-22-12-18/h6-14,16H,1-5H3. The molecule has 0 spiro atoms. The van der Waals surface area contributed by atoms with E-state index in [1.54, 1.807) is 36.9 Å². The third-order valence-electron chi connectivity index (χ3n) is 5.11. The van der Waals surface area contributed by atoms with Gasteiger partial charge in [-0.05, 0) is 53.6 Å². The van der Waals surface area contributed by atoms with Crippen molar-refractivity contribution >= 4 is 10.0 Å². The third-order valence-corrected chi connectivity index (χ3v) is 6.77. The largest absolute Gasteiger partial charge is 0.269 e. The molecule has 27 heavy (non-hydrogen) atoms. The molecular weight excluding hydrogens is 358 g/mol. The van der Waals surface area contributed by atoms with Crippen LogP contribution in [0.2, 0.25) is 0 Å². The molecule has 0 amide bonds. The first-order chi connectivity index (χ1) is 12.6. The van der Waals surface area contributed by atoms with E-state index in [-0.39, 0.29) is 16.2 Å². The van der Waals surface area contributed by atoms with Gasteiger partial charge in [-0.3, -0.25) is 9.97 Å². The molecule has 0 aliphatic heterocycles. The lowest BCUT2D eigenvalue weighted by Gasteiger charge is -2.26. The number of aromatic nitrogens is 3. The van der Waals surface area contributed by atoms with Gasteiger partial charge in [-0.1, -0.05) is 27.7 Å². The van der Waals surface area contributed by atoms with Crippen molar-refractivity contribution in [3.8, 4) is 11.3 Å². The van der Waals surface area contributed by atoms with Gasteiger partial charge in [0.1, 0.15) is 4.90 Å². The molecule has 6 heteroatoms. The Morgan fingerprint density at radius 3 is 2.37 bits per heavy atom. The minimum Gasteiger partial charge on any atom is -0.264 e. The summed E-state index contributed by atoms with van der Waals surface area (Å²) in [5, 5.41) is 0. The summed E-state index contributed by atoms with van der Waals surface area (Å²) in [5.74, 6) is 0.179. The Labute approximate surface area is 161 Å². The van der Waals surface area contributed by atoms with Gasteiger partial charge in [-0.2, -0.15) is 0 Å². The van der Waals surface area contributed by atoms with E-state index in [4.69, 9.17) is 0 Å². The first-order valence-corrected chi connectivity index (χ1v) is 10.4. The fraction of sp³-hybridized carbons (Fsp3) is 0.333. The van der Waals surface area contributed by atoms with Crippen molar-refractivity contribution < 1.29 is 8.42 Å². The Balaban J connectivity index is 2.27.